The molecule has 0 aliphatic carbocycles. The van der Waals surface area contributed by atoms with Crippen molar-refractivity contribution in [2.24, 2.45) is 5.73 Å². The lowest BCUT2D eigenvalue weighted by atomic mass is 9.97. The Morgan fingerprint density at radius 3 is 2.35 bits per heavy atom. The standard InChI is InChI=1S/C13H16Br2N2/c14-8-1-4-13(12(15)5-8)17-10-2-3-11(17)7-9(16)6-10/h1,4-5,9-11H,2-3,6-7,16H2. The van der Waals surface area contributed by atoms with Gasteiger partial charge in [0, 0.05) is 27.1 Å². The third-order valence-electron chi connectivity index (χ3n) is 3.96. The Bertz CT molecular complexity index is 421. The third kappa shape index (κ3) is 2.15. The van der Waals surface area contributed by atoms with E-state index in [1.807, 2.05) is 0 Å². The number of halogens is 2. The number of hydrogen-bond donors (Lipinski definition) is 1. The Morgan fingerprint density at radius 2 is 1.76 bits per heavy atom. The number of nitrogens with zero attached hydrogens (tertiary/aromatic N) is 1. The van der Waals surface area contributed by atoms with Crippen molar-refractivity contribution >= 4 is 37.5 Å². The summed E-state index contributed by atoms with van der Waals surface area (Å²) in [4.78, 5) is 2.58. The summed E-state index contributed by atoms with van der Waals surface area (Å²) in [6, 6.07) is 8.13. The van der Waals surface area contributed by atoms with Crippen LogP contribution in [0, 0.1) is 0 Å². The zero-order valence-corrected chi connectivity index (χ0v) is 12.7. The van der Waals surface area contributed by atoms with Crippen LogP contribution >= 0.6 is 31.9 Å². The van der Waals surface area contributed by atoms with Crippen LogP contribution in [0.2, 0.25) is 0 Å². The molecule has 2 nitrogen and oxygen atoms in total. The predicted molar refractivity (Wildman–Crippen MR) is 78.3 cm³/mol. The zero-order valence-electron chi connectivity index (χ0n) is 9.57. The summed E-state index contributed by atoms with van der Waals surface area (Å²) in [5, 5.41) is 0. The molecule has 0 saturated carbocycles. The van der Waals surface area contributed by atoms with E-state index in [9.17, 15) is 0 Å². The van der Waals surface area contributed by atoms with Gasteiger partial charge in [0.2, 0.25) is 0 Å². The third-order valence-corrected chi connectivity index (χ3v) is 5.09. The quantitative estimate of drug-likeness (QED) is 0.828. The van der Waals surface area contributed by atoms with E-state index in [2.05, 4.69) is 55.0 Å². The summed E-state index contributed by atoms with van der Waals surface area (Å²) >= 11 is 7.18. The van der Waals surface area contributed by atoms with Gasteiger partial charge in [0.05, 0.1) is 5.69 Å². The fraction of sp³-hybridized carbons (Fsp3) is 0.538. The van der Waals surface area contributed by atoms with Gasteiger partial charge < -0.3 is 10.6 Å². The van der Waals surface area contributed by atoms with Gasteiger partial charge in [-0.2, -0.15) is 0 Å². The fourth-order valence-corrected chi connectivity index (χ4v) is 4.55. The number of anilines is 1. The van der Waals surface area contributed by atoms with E-state index in [-0.39, 0.29) is 0 Å². The maximum Gasteiger partial charge on any atom is 0.0516 e. The van der Waals surface area contributed by atoms with Gasteiger partial charge >= 0.3 is 0 Å². The maximum absolute atomic E-state index is 6.11. The van der Waals surface area contributed by atoms with Gasteiger partial charge in [0.15, 0.2) is 0 Å². The van der Waals surface area contributed by atoms with E-state index in [4.69, 9.17) is 5.73 Å². The zero-order chi connectivity index (χ0) is 12.0. The highest BCUT2D eigenvalue weighted by Gasteiger charge is 2.40. The van der Waals surface area contributed by atoms with Crippen LogP contribution in [-0.4, -0.2) is 18.1 Å². The average Bonchev–Trinajstić information content (AvgIpc) is 2.53. The number of rotatable bonds is 1. The molecule has 92 valence electrons. The largest absolute Gasteiger partial charge is 0.365 e. The van der Waals surface area contributed by atoms with Crippen LogP contribution in [0.3, 0.4) is 0 Å². The van der Waals surface area contributed by atoms with Crippen LogP contribution in [-0.2, 0) is 0 Å². The second kappa shape index (κ2) is 4.56. The van der Waals surface area contributed by atoms with E-state index >= 15 is 0 Å². The van der Waals surface area contributed by atoms with E-state index in [1.165, 1.54) is 23.0 Å². The Morgan fingerprint density at radius 1 is 1.12 bits per heavy atom. The maximum atomic E-state index is 6.11. The molecule has 0 aromatic heterocycles. The summed E-state index contributed by atoms with van der Waals surface area (Å²) in [5.41, 5.74) is 7.44. The van der Waals surface area contributed by atoms with Gasteiger partial charge in [0.25, 0.3) is 0 Å². The number of hydrogen-bond acceptors (Lipinski definition) is 2. The van der Waals surface area contributed by atoms with Crippen molar-refractivity contribution in [1.29, 1.82) is 0 Å². The molecule has 0 spiro atoms. The molecule has 2 bridgehead atoms. The van der Waals surface area contributed by atoms with Crippen molar-refractivity contribution in [3.8, 4) is 0 Å². The molecule has 2 heterocycles. The van der Waals surface area contributed by atoms with Crippen LogP contribution in [0.15, 0.2) is 27.1 Å². The average molecular weight is 360 g/mol. The molecule has 2 unspecified atom stereocenters. The molecule has 2 atom stereocenters. The van der Waals surface area contributed by atoms with Crippen molar-refractivity contribution in [3.63, 3.8) is 0 Å². The van der Waals surface area contributed by atoms with Crippen molar-refractivity contribution in [2.75, 3.05) is 4.90 Å². The van der Waals surface area contributed by atoms with Crippen molar-refractivity contribution < 1.29 is 0 Å². The van der Waals surface area contributed by atoms with E-state index in [0.29, 0.717) is 18.1 Å². The van der Waals surface area contributed by atoms with Crippen LogP contribution in [0.4, 0.5) is 5.69 Å². The summed E-state index contributed by atoms with van der Waals surface area (Å²) in [7, 11) is 0. The van der Waals surface area contributed by atoms with Crippen LogP contribution in [0.1, 0.15) is 25.7 Å². The van der Waals surface area contributed by atoms with Crippen LogP contribution in [0.5, 0.6) is 0 Å². The number of fused-ring (bicyclic) bond motifs is 2. The van der Waals surface area contributed by atoms with Gasteiger partial charge in [-0.15, -0.1) is 0 Å². The summed E-state index contributed by atoms with van der Waals surface area (Å²) < 4.78 is 2.30. The molecule has 2 fully saturated rings. The van der Waals surface area contributed by atoms with Crippen molar-refractivity contribution in [2.45, 2.75) is 43.8 Å². The van der Waals surface area contributed by atoms with Crippen LogP contribution in [0.25, 0.3) is 0 Å². The minimum Gasteiger partial charge on any atom is -0.365 e. The molecule has 2 aliphatic heterocycles. The molecule has 1 aromatic carbocycles. The minimum atomic E-state index is 0.401. The van der Waals surface area contributed by atoms with Gasteiger partial charge in [-0.25, -0.2) is 0 Å². The van der Waals surface area contributed by atoms with E-state index in [1.54, 1.807) is 0 Å². The number of nitrogens with two attached hydrogens (primary N) is 1. The lowest BCUT2D eigenvalue weighted by Crippen LogP contribution is -2.47. The lowest BCUT2D eigenvalue weighted by Gasteiger charge is -2.40. The topological polar surface area (TPSA) is 29.3 Å². The Labute approximate surface area is 119 Å². The molecule has 1 aromatic rings. The van der Waals surface area contributed by atoms with Gasteiger partial charge in [-0.1, -0.05) is 15.9 Å². The smallest absolute Gasteiger partial charge is 0.0516 e. The minimum absolute atomic E-state index is 0.401. The SMILES string of the molecule is NC1CC2CCC(C1)N2c1ccc(Br)cc1Br. The summed E-state index contributed by atoms with van der Waals surface area (Å²) in [6.45, 7) is 0. The predicted octanol–water partition coefficient (Wildman–Crippen LogP) is 3.67. The Balaban J connectivity index is 1.94. The number of benzene rings is 1. The van der Waals surface area contributed by atoms with Crippen molar-refractivity contribution in [1.82, 2.24) is 0 Å². The number of piperidine rings is 1. The summed E-state index contributed by atoms with van der Waals surface area (Å²) in [6.07, 6.45) is 4.86. The Hall–Kier alpha value is -0.0600. The molecule has 3 rings (SSSR count). The van der Waals surface area contributed by atoms with Gasteiger partial charge in [0.1, 0.15) is 0 Å². The second-order valence-corrected chi connectivity index (χ2v) is 6.89. The molecule has 0 radical (unpaired) electrons. The molecule has 4 heteroatoms. The second-order valence-electron chi connectivity index (χ2n) is 5.12. The molecule has 2 N–H and O–H groups in total. The first kappa shape index (κ1) is 12.0. The molecular formula is C13H16Br2N2. The molecular weight excluding hydrogens is 344 g/mol. The monoisotopic (exact) mass is 358 g/mol. The molecule has 2 saturated heterocycles. The van der Waals surface area contributed by atoms with Crippen molar-refractivity contribution in [3.05, 3.63) is 27.1 Å². The van der Waals surface area contributed by atoms with Crippen LogP contribution < -0.4 is 10.6 Å². The first-order chi connectivity index (χ1) is 8.15. The lowest BCUT2D eigenvalue weighted by molar-refractivity contribution is 0.414. The van der Waals surface area contributed by atoms with E-state index in [0.717, 1.165) is 17.3 Å². The molecule has 0 amide bonds. The van der Waals surface area contributed by atoms with Gasteiger partial charge in [-0.3, -0.25) is 0 Å². The molecule has 2 aliphatic rings. The highest BCUT2D eigenvalue weighted by atomic mass is 79.9. The fourth-order valence-electron chi connectivity index (χ4n) is 3.30. The van der Waals surface area contributed by atoms with Gasteiger partial charge in [-0.05, 0) is 59.8 Å². The Kier molecular flexibility index (Phi) is 3.22. The first-order valence-corrected chi connectivity index (χ1v) is 7.72. The van der Waals surface area contributed by atoms with E-state index < -0.39 is 0 Å². The first-order valence-electron chi connectivity index (χ1n) is 6.14. The highest BCUT2D eigenvalue weighted by molar-refractivity contribution is 9.11. The highest BCUT2D eigenvalue weighted by Crippen LogP contribution is 2.42. The summed E-state index contributed by atoms with van der Waals surface area (Å²) in [5.74, 6) is 0. The molecule has 17 heavy (non-hydrogen) atoms. The normalized spacial score (nSPS) is 31.9.